The minimum absolute atomic E-state index is 0.0718. The second-order valence-corrected chi connectivity index (χ2v) is 10.7. The Morgan fingerprint density at radius 2 is 1.62 bits per heavy atom. The third-order valence-electron chi connectivity index (χ3n) is 5.03. The van der Waals surface area contributed by atoms with Crippen molar-refractivity contribution in [2.45, 2.75) is 49.2 Å². The summed E-state index contributed by atoms with van der Waals surface area (Å²) in [5.74, 6) is 1.04. The van der Waals surface area contributed by atoms with Crippen molar-refractivity contribution < 1.29 is 0 Å². The largest absolute Gasteiger partial charge is 0.354 e. The van der Waals surface area contributed by atoms with Crippen LogP contribution in [0.3, 0.4) is 0 Å². The molecular weight excluding hydrogens is 429 g/mol. The van der Waals surface area contributed by atoms with E-state index in [4.69, 9.17) is 34.8 Å². The second-order valence-electron chi connectivity index (χ2n) is 8.46. The van der Waals surface area contributed by atoms with E-state index < -0.39 is 3.79 Å². The summed E-state index contributed by atoms with van der Waals surface area (Å²) in [6.45, 7) is 10.7. The minimum Gasteiger partial charge on any atom is -0.354 e. The molecule has 2 aromatic rings. The van der Waals surface area contributed by atoms with Gasteiger partial charge in [0.2, 0.25) is 9.74 Å². The van der Waals surface area contributed by atoms with E-state index in [-0.39, 0.29) is 11.2 Å². The molecule has 0 unspecified atom stereocenters. The molecule has 0 amide bonds. The van der Waals surface area contributed by atoms with E-state index in [2.05, 4.69) is 58.1 Å². The van der Waals surface area contributed by atoms with Gasteiger partial charge in [-0.15, -0.1) is 0 Å². The zero-order valence-corrected chi connectivity index (χ0v) is 19.4. The molecule has 5 nitrogen and oxygen atoms in total. The van der Waals surface area contributed by atoms with Crippen molar-refractivity contribution in [3.05, 3.63) is 35.7 Å². The monoisotopic (exact) mass is 455 g/mol. The molecule has 29 heavy (non-hydrogen) atoms. The molecule has 1 N–H and O–H groups in total. The summed E-state index contributed by atoms with van der Waals surface area (Å²) in [5.41, 5.74) is 2.16. The van der Waals surface area contributed by atoms with Crippen LogP contribution in [-0.4, -0.2) is 46.0 Å². The lowest BCUT2D eigenvalue weighted by Gasteiger charge is -2.19. The zero-order valence-electron chi connectivity index (χ0n) is 17.2. The number of hydrogen-bond donors (Lipinski definition) is 1. The minimum atomic E-state index is -1.71. The topological polar surface area (TPSA) is 53.9 Å². The number of likely N-dealkylation sites (tertiary alicyclic amines) is 1. The SMILES string of the molecule is CC(C)(C)c1ccc(-c2nc(NCCCN3CCCC3)nc(C(Cl)(Cl)Cl)n2)cc1. The summed E-state index contributed by atoms with van der Waals surface area (Å²) < 4.78 is -1.71. The molecule has 8 heteroatoms. The maximum atomic E-state index is 6.07. The fraction of sp³-hybridized carbons (Fsp3) is 0.571. The fourth-order valence-electron chi connectivity index (χ4n) is 3.34. The Morgan fingerprint density at radius 3 is 2.21 bits per heavy atom. The summed E-state index contributed by atoms with van der Waals surface area (Å²) in [6.07, 6.45) is 3.60. The van der Waals surface area contributed by atoms with Crippen LogP contribution in [0.5, 0.6) is 0 Å². The van der Waals surface area contributed by atoms with Gasteiger partial charge in [-0.2, -0.15) is 9.97 Å². The molecule has 1 aliphatic heterocycles. The highest BCUT2D eigenvalue weighted by Gasteiger charge is 2.28. The number of alkyl halides is 3. The van der Waals surface area contributed by atoms with Crippen molar-refractivity contribution in [2.75, 3.05) is 31.5 Å². The van der Waals surface area contributed by atoms with Gasteiger partial charge in [0.05, 0.1) is 0 Å². The van der Waals surface area contributed by atoms with Gasteiger partial charge in [-0.3, -0.25) is 0 Å². The number of hydrogen-bond acceptors (Lipinski definition) is 5. The van der Waals surface area contributed by atoms with Crippen molar-refractivity contribution in [3.8, 4) is 11.4 Å². The molecule has 2 heterocycles. The van der Waals surface area contributed by atoms with Crippen LogP contribution < -0.4 is 5.32 Å². The molecule has 1 aromatic carbocycles. The lowest BCUT2D eigenvalue weighted by molar-refractivity contribution is 0.337. The van der Waals surface area contributed by atoms with Crippen LogP contribution in [0.4, 0.5) is 5.95 Å². The van der Waals surface area contributed by atoms with Crippen molar-refractivity contribution in [2.24, 2.45) is 0 Å². The van der Waals surface area contributed by atoms with E-state index in [1.54, 1.807) is 0 Å². The highest BCUT2D eigenvalue weighted by molar-refractivity contribution is 6.66. The number of halogens is 3. The Labute approximate surface area is 188 Å². The molecule has 1 saturated heterocycles. The summed E-state index contributed by atoms with van der Waals surface area (Å²) in [5, 5.41) is 3.26. The summed E-state index contributed by atoms with van der Waals surface area (Å²) in [6, 6.07) is 8.15. The average molecular weight is 457 g/mol. The van der Waals surface area contributed by atoms with Crippen molar-refractivity contribution in [1.29, 1.82) is 0 Å². The van der Waals surface area contributed by atoms with Gasteiger partial charge in [0.15, 0.2) is 11.6 Å². The van der Waals surface area contributed by atoms with Gasteiger partial charge in [0, 0.05) is 12.1 Å². The Bertz CT molecular complexity index is 807. The van der Waals surface area contributed by atoms with Crippen molar-refractivity contribution in [1.82, 2.24) is 19.9 Å². The van der Waals surface area contributed by atoms with E-state index >= 15 is 0 Å². The first-order chi connectivity index (χ1) is 13.6. The van der Waals surface area contributed by atoms with Gasteiger partial charge in [-0.25, -0.2) is 4.98 Å². The van der Waals surface area contributed by atoms with Crippen LogP contribution in [0, 0.1) is 0 Å². The lowest BCUT2D eigenvalue weighted by atomic mass is 9.87. The smallest absolute Gasteiger partial charge is 0.250 e. The highest BCUT2D eigenvalue weighted by Crippen LogP contribution is 2.37. The van der Waals surface area contributed by atoms with Gasteiger partial charge in [-0.1, -0.05) is 79.8 Å². The first kappa shape index (κ1) is 22.5. The quantitative estimate of drug-likeness (QED) is 0.455. The van der Waals surface area contributed by atoms with Crippen LogP contribution in [0.15, 0.2) is 24.3 Å². The Morgan fingerprint density at radius 1 is 0.966 bits per heavy atom. The average Bonchev–Trinajstić information content (AvgIpc) is 3.17. The van der Waals surface area contributed by atoms with Crippen LogP contribution in [-0.2, 0) is 9.21 Å². The Kier molecular flexibility index (Phi) is 7.26. The predicted octanol–water partition coefficient (Wildman–Crippen LogP) is 5.56. The van der Waals surface area contributed by atoms with Crippen LogP contribution >= 0.6 is 34.8 Å². The van der Waals surface area contributed by atoms with Crippen LogP contribution in [0.2, 0.25) is 0 Å². The lowest BCUT2D eigenvalue weighted by Crippen LogP contribution is -2.23. The van der Waals surface area contributed by atoms with Crippen molar-refractivity contribution in [3.63, 3.8) is 0 Å². The molecule has 158 valence electrons. The zero-order chi connectivity index (χ0) is 21.1. The van der Waals surface area contributed by atoms with Gasteiger partial charge < -0.3 is 10.2 Å². The molecule has 0 bridgehead atoms. The van der Waals surface area contributed by atoms with Gasteiger partial charge in [0.1, 0.15) is 0 Å². The van der Waals surface area contributed by atoms with Gasteiger partial charge in [-0.05, 0) is 49.9 Å². The predicted molar refractivity (Wildman–Crippen MR) is 122 cm³/mol. The van der Waals surface area contributed by atoms with Crippen LogP contribution in [0.25, 0.3) is 11.4 Å². The number of nitrogens with zero attached hydrogens (tertiary/aromatic N) is 4. The number of aromatic nitrogens is 3. The molecule has 0 spiro atoms. The standard InChI is InChI=1S/C21H28Cl3N5/c1-20(2,3)16-9-7-15(8-10-16)17-26-18(21(22,23)24)28-19(27-17)25-11-6-14-29-12-4-5-13-29/h7-10H,4-6,11-14H2,1-3H3,(H,25,26,27,28). The molecule has 1 fully saturated rings. The molecule has 0 saturated carbocycles. The molecule has 0 atom stereocenters. The molecular formula is C21H28Cl3N5. The highest BCUT2D eigenvalue weighted by atomic mass is 35.6. The maximum absolute atomic E-state index is 6.07. The van der Waals surface area contributed by atoms with E-state index in [0.717, 1.165) is 25.1 Å². The van der Waals surface area contributed by atoms with Gasteiger partial charge >= 0.3 is 0 Å². The number of rotatable bonds is 6. The normalized spacial score (nSPS) is 15.7. The first-order valence-corrected chi connectivity index (χ1v) is 11.2. The second kappa shape index (κ2) is 9.34. The van der Waals surface area contributed by atoms with E-state index in [1.807, 2.05) is 12.1 Å². The third kappa shape index (κ3) is 6.42. The molecule has 1 aliphatic rings. The van der Waals surface area contributed by atoms with Gasteiger partial charge in [0.25, 0.3) is 0 Å². The first-order valence-electron chi connectivity index (χ1n) is 10.0. The Hall–Kier alpha value is -1.14. The molecule has 1 aromatic heterocycles. The number of nitrogens with one attached hydrogen (secondary N) is 1. The number of anilines is 1. The molecule has 3 rings (SSSR count). The van der Waals surface area contributed by atoms with E-state index in [1.165, 1.54) is 31.5 Å². The summed E-state index contributed by atoms with van der Waals surface area (Å²) >= 11 is 18.2. The van der Waals surface area contributed by atoms with Crippen LogP contribution in [0.1, 0.15) is 51.4 Å². The van der Waals surface area contributed by atoms with Crippen molar-refractivity contribution >= 4 is 40.8 Å². The van der Waals surface area contributed by atoms with E-state index in [0.29, 0.717) is 11.8 Å². The maximum Gasteiger partial charge on any atom is 0.250 e. The fourth-order valence-corrected chi connectivity index (χ4v) is 3.59. The van der Waals surface area contributed by atoms with E-state index in [9.17, 15) is 0 Å². The summed E-state index contributed by atoms with van der Waals surface area (Å²) in [7, 11) is 0. The molecule has 0 aliphatic carbocycles. The molecule has 0 radical (unpaired) electrons. The third-order valence-corrected chi connectivity index (χ3v) is 5.54. The summed E-state index contributed by atoms with van der Waals surface area (Å²) in [4.78, 5) is 15.7. The Balaban J connectivity index is 1.76. The number of benzene rings is 1.